The van der Waals surface area contributed by atoms with E-state index in [-0.39, 0.29) is 11.4 Å². The van der Waals surface area contributed by atoms with Crippen LogP contribution in [0.5, 0.6) is 0 Å². The summed E-state index contributed by atoms with van der Waals surface area (Å²) >= 11 is 1.63. The van der Waals surface area contributed by atoms with Gasteiger partial charge in [-0.05, 0) is 36.9 Å². The molecule has 0 aliphatic carbocycles. The third-order valence-corrected chi connectivity index (χ3v) is 3.99. The lowest BCUT2D eigenvalue weighted by Gasteiger charge is -2.17. The van der Waals surface area contributed by atoms with Gasteiger partial charge >= 0.3 is 5.97 Å². The predicted octanol–water partition coefficient (Wildman–Crippen LogP) is 3.10. The first-order valence-electron chi connectivity index (χ1n) is 6.40. The molecule has 0 atom stereocenters. The van der Waals surface area contributed by atoms with Crippen molar-refractivity contribution in [3.63, 3.8) is 0 Å². The Kier molecular flexibility index (Phi) is 6.87. The molecule has 0 saturated carbocycles. The summed E-state index contributed by atoms with van der Waals surface area (Å²) in [6.07, 6.45) is 0. The summed E-state index contributed by atoms with van der Waals surface area (Å²) in [5, 5.41) is 9.04. The molecule has 0 unspecified atom stereocenters. The highest BCUT2D eigenvalue weighted by Crippen LogP contribution is 2.18. The Morgan fingerprint density at radius 3 is 2.63 bits per heavy atom. The summed E-state index contributed by atoms with van der Waals surface area (Å²) in [6.45, 7) is 7.22. The molecular formula is C14H20FNO2S. The van der Waals surface area contributed by atoms with Crippen molar-refractivity contribution >= 4 is 17.7 Å². The Balaban J connectivity index is 2.53. The first-order valence-corrected chi connectivity index (χ1v) is 7.55. The third-order valence-electron chi connectivity index (χ3n) is 3.00. The number of carboxylic acid groups (broad SMARTS) is 1. The molecule has 0 aliphatic rings. The van der Waals surface area contributed by atoms with E-state index in [2.05, 4.69) is 18.7 Å². The summed E-state index contributed by atoms with van der Waals surface area (Å²) < 4.78 is 13.1. The van der Waals surface area contributed by atoms with Crippen molar-refractivity contribution in [3.05, 3.63) is 35.1 Å². The fourth-order valence-corrected chi connectivity index (χ4v) is 2.80. The van der Waals surface area contributed by atoms with Crippen molar-refractivity contribution < 1.29 is 14.3 Å². The zero-order chi connectivity index (χ0) is 14.3. The molecule has 0 aliphatic heterocycles. The number of halogens is 1. The van der Waals surface area contributed by atoms with E-state index >= 15 is 0 Å². The van der Waals surface area contributed by atoms with Gasteiger partial charge in [0.15, 0.2) is 0 Å². The van der Waals surface area contributed by atoms with E-state index in [9.17, 15) is 9.18 Å². The van der Waals surface area contributed by atoms with Crippen molar-refractivity contribution in [1.82, 2.24) is 4.90 Å². The van der Waals surface area contributed by atoms with Crippen LogP contribution in [0.1, 0.15) is 29.8 Å². The van der Waals surface area contributed by atoms with E-state index in [1.165, 1.54) is 18.2 Å². The first kappa shape index (κ1) is 16.0. The van der Waals surface area contributed by atoms with Crippen molar-refractivity contribution in [2.75, 3.05) is 25.4 Å². The van der Waals surface area contributed by atoms with Gasteiger partial charge in [0.1, 0.15) is 5.82 Å². The third kappa shape index (κ3) is 5.20. The number of benzene rings is 1. The van der Waals surface area contributed by atoms with Crippen LogP contribution in [0.2, 0.25) is 0 Å². The quantitative estimate of drug-likeness (QED) is 0.745. The Morgan fingerprint density at radius 2 is 2.05 bits per heavy atom. The van der Waals surface area contributed by atoms with E-state index in [1.54, 1.807) is 11.8 Å². The van der Waals surface area contributed by atoms with Crippen LogP contribution in [0.4, 0.5) is 4.39 Å². The Bertz CT molecular complexity index is 422. The van der Waals surface area contributed by atoms with Gasteiger partial charge in [-0.25, -0.2) is 9.18 Å². The lowest BCUT2D eigenvalue weighted by molar-refractivity contribution is 0.0696. The second kappa shape index (κ2) is 8.17. The molecule has 0 fully saturated rings. The highest BCUT2D eigenvalue weighted by Gasteiger charge is 2.11. The largest absolute Gasteiger partial charge is 0.478 e. The minimum atomic E-state index is -1.00. The van der Waals surface area contributed by atoms with Crippen molar-refractivity contribution in [3.8, 4) is 0 Å². The van der Waals surface area contributed by atoms with Crippen molar-refractivity contribution in [2.45, 2.75) is 19.6 Å². The smallest absolute Gasteiger partial charge is 0.335 e. The molecule has 106 valence electrons. The minimum absolute atomic E-state index is 0.191. The van der Waals surface area contributed by atoms with Gasteiger partial charge in [0, 0.05) is 18.1 Å². The summed E-state index contributed by atoms with van der Waals surface area (Å²) in [5.74, 6) is 0.0569. The molecule has 0 saturated heterocycles. The fraction of sp³-hybridized carbons (Fsp3) is 0.500. The van der Waals surface area contributed by atoms with Crippen LogP contribution in [-0.2, 0) is 5.75 Å². The SMILES string of the molecule is CCN(CC)CCSCc1cc(F)ccc1C(=O)O. The van der Waals surface area contributed by atoms with Gasteiger partial charge in [-0.3, -0.25) is 0 Å². The summed E-state index contributed by atoms with van der Waals surface area (Å²) in [7, 11) is 0. The number of hydrogen-bond acceptors (Lipinski definition) is 3. The molecule has 0 amide bonds. The number of hydrogen-bond donors (Lipinski definition) is 1. The van der Waals surface area contributed by atoms with Crippen LogP contribution in [0.3, 0.4) is 0 Å². The number of rotatable bonds is 8. The second-order valence-electron chi connectivity index (χ2n) is 4.19. The minimum Gasteiger partial charge on any atom is -0.478 e. The molecule has 1 rings (SSSR count). The predicted molar refractivity (Wildman–Crippen MR) is 77.3 cm³/mol. The Labute approximate surface area is 117 Å². The maximum atomic E-state index is 13.1. The second-order valence-corrected chi connectivity index (χ2v) is 5.29. The number of carbonyl (C=O) groups is 1. The standard InChI is InChI=1S/C14H20FNO2S/c1-3-16(4-2)7-8-19-10-11-9-12(15)5-6-13(11)14(17)18/h5-6,9H,3-4,7-8,10H2,1-2H3,(H,17,18). The average molecular weight is 285 g/mol. The normalized spacial score (nSPS) is 10.9. The van der Waals surface area contributed by atoms with Crippen molar-refractivity contribution in [1.29, 1.82) is 0 Å². The van der Waals surface area contributed by atoms with E-state index < -0.39 is 5.97 Å². The lowest BCUT2D eigenvalue weighted by atomic mass is 10.1. The number of nitrogens with zero attached hydrogens (tertiary/aromatic N) is 1. The number of carboxylic acids is 1. The van der Waals surface area contributed by atoms with Crippen LogP contribution in [0.25, 0.3) is 0 Å². The molecular weight excluding hydrogens is 265 g/mol. The number of thioether (sulfide) groups is 1. The summed E-state index contributed by atoms with van der Waals surface area (Å²) in [4.78, 5) is 13.3. The maximum absolute atomic E-state index is 13.1. The molecule has 0 spiro atoms. The molecule has 1 N–H and O–H groups in total. The zero-order valence-electron chi connectivity index (χ0n) is 11.4. The topological polar surface area (TPSA) is 40.5 Å². The molecule has 5 heteroatoms. The molecule has 0 aromatic heterocycles. The zero-order valence-corrected chi connectivity index (χ0v) is 12.2. The van der Waals surface area contributed by atoms with Gasteiger partial charge < -0.3 is 10.0 Å². The van der Waals surface area contributed by atoms with E-state index in [0.29, 0.717) is 11.3 Å². The molecule has 1 aromatic carbocycles. The number of aromatic carboxylic acids is 1. The molecule has 0 radical (unpaired) electrons. The van der Waals surface area contributed by atoms with Gasteiger partial charge in [0.25, 0.3) is 0 Å². The highest BCUT2D eigenvalue weighted by atomic mass is 32.2. The summed E-state index contributed by atoms with van der Waals surface area (Å²) in [6, 6.07) is 3.83. The maximum Gasteiger partial charge on any atom is 0.335 e. The highest BCUT2D eigenvalue weighted by molar-refractivity contribution is 7.98. The van der Waals surface area contributed by atoms with Gasteiger partial charge in [-0.1, -0.05) is 13.8 Å². The van der Waals surface area contributed by atoms with Gasteiger partial charge in [0.05, 0.1) is 5.56 Å². The monoisotopic (exact) mass is 285 g/mol. The van der Waals surface area contributed by atoms with Crippen LogP contribution in [0, 0.1) is 5.82 Å². The Hall–Kier alpha value is -1.07. The lowest BCUT2D eigenvalue weighted by Crippen LogP contribution is -2.25. The van der Waals surface area contributed by atoms with Gasteiger partial charge in [0.2, 0.25) is 0 Å². The average Bonchev–Trinajstić information content (AvgIpc) is 2.38. The first-order chi connectivity index (χ1) is 9.08. The molecule has 1 aromatic rings. The van der Waals surface area contributed by atoms with E-state index in [4.69, 9.17) is 5.11 Å². The fourth-order valence-electron chi connectivity index (χ4n) is 1.81. The van der Waals surface area contributed by atoms with Crippen LogP contribution in [0.15, 0.2) is 18.2 Å². The molecule has 19 heavy (non-hydrogen) atoms. The summed E-state index contributed by atoms with van der Waals surface area (Å²) in [5.41, 5.74) is 0.744. The van der Waals surface area contributed by atoms with Crippen LogP contribution >= 0.6 is 11.8 Å². The van der Waals surface area contributed by atoms with Crippen LogP contribution in [-0.4, -0.2) is 41.4 Å². The van der Waals surface area contributed by atoms with Crippen LogP contribution < -0.4 is 0 Å². The van der Waals surface area contributed by atoms with Gasteiger partial charge in [-0.15, -0.1) is 0 Å². The molecule has 0 bridgehead atoms. The molecule has 3 nitrogen and oxygen atoms in total. The van der Waals surface area contributed by atoms with E-state index in [0.717, 1.165) is 25.4 Å². The Morgan fingerprint density at radius 1 is 1.37 bits per heavy atom. The van der Waals surface area contributed by atoms with Gasteiger partial charge in [-0.2, -0.15) is 11.8 Å². The molecule has 0 heterocycles. The van der Waals surface area contributed by atoms with E-state index in [1.807, 2.05) is 0 Å². The van der Waals surface area contributed by atoms with Crippen molar-refractivity contribution in [2.24, 2.45) is 0 Å².